The molecule has 1 heterocycles. The minimum Gasteiger partial charge on any atom is -0.495 e. The standard InChI is InChI=1S/C18H22N2O4S2/c1-4-20(13-15-6-5-11-25-15)18(21)10-8-14-7-9-16(24-3)17(12-14)26(22,23)19-2/h5-12,19H,4,13H2,1-3H3/b10-8+. The molecule has 6 nitrogen and oxygen atoms in total. The van der Waals surface area contributed by atoms with E-state index < -0.39 is 10.0 Å². The number of carbonyl (C=O) groups is 1. The highest BCUT2D eigenvalue weighted by Crippen LogP contribution is 2.25. The number of nitrogens with zero attached hydrogens (tertiary/aromatic N) is 1. The van der Waals surface area contributed by atoms with Gasteiger partial charge in [-0.15, -0.1) is 11.3 Å². The third kappa shape index (κ3) is 4.94. The van der Waals surface area contributed by atoms with Gasteiger partial charge in [-0.05, 0) is 49.2 Å². The van der Waals surface area contributed by atoms with Crippen LogP contribution in [-0.4, -0.2) is 39.9 Å². The lowest BCUT2D eigenvalue weighted by molar-refractivity contribution is -0.126. The summed E-state index contributed by atoms with van der Waals surface area (Å²) in [5.41, 5.74) is 0.597. The third-order valence-electron chi connectivity index (χ3n) is 3.78. The summed E-state index contributed by atoms with van der Waals surface area (Å²) in [5.74, 6) is 0.116. The molecule has 0 saturated heterocycles. The Morgan fingerprint density at radius 2 is 2.12 bits per heavy atom. The van der Waals surface area contributed by atoms with Crippen molar-refractivity contribution < 1.29 is 17.9 Å². The van der Waals surface area contributed by atoms with E-state index in [9.17, 15) is 13.2 Å². The Hall–Kier alpha value is -2.16. The minimum atomic E-state index is -3.66. The predicted molar refractivity (Wildman–Crippen MR) is 104 cm³/mol. The smallest absolute Gasteiger partial charge is 0.246 e. The number of sulfonamides is 1. The maximum absolute atomic E-state index is 12.4. The SMILES string of the molecule is CCN(Cc1cccs1)C(=O)/C=C/c1ccc(OC)c(S(=O)(=O)NC)c1. The van der Waals surface area contributed by atoms with E-state index in [2.05, 4.69) is 4.72 Å². The topological polar surface area (TPSA) is 75.7 Å². The van der Waals surface area contributed by atoms with E-state index in [1.54, 1.807) is 34.4 Å². The van der Waals surface area contributed by atoms with Crippen LogP contribution >= 0.6 is 11.3 Å². The molecule has 2 rings (SSSR count). The second-order valence-electron chi connectivity index (χ2n) is 5.38. The lowest BCUT2D eigenvalue weighted by Gasteiger charge is -2.18. The van der Waals surface area contributed by atoms with Crippen molar-refractivity contribution in [2.45, 2.75) is 18.4 Å². The molecule has 0 aliphatic heterocycles. The first kappa shape index (κ1) is 20.2. The zero-order valence-corrected chi connectivity index (χ0v) is 16.6. The number of ether oxygens (including phenoxy) is 1. The zero-order chi connectivity index (χ0) is 19.2. The molecule has 1 aromatic heterocycles. The van der Waals surface area contributed by atoms with Crippen LogP contribution in [0.1, 0.15) is 17.4 Å². The number of likely N-dealkylation sites (N-methyl/N-ethyl adjacent to an activating group) is 1. The van der Waals surface area contributed by atoms with Gasteiger partial charge < -0.3 is 9.64 Å². The molecule has 2 aromatic rings. The molecule has 0 unspecified atom stereocenters. The quantitative estimate of drug-likeness (QED) is 0.699. The second-order valence-corrected chi connectivity index (χ2v) is 8.27. The molecule has 1 aromatic carbocycles. The fourth-order valence-electron chi connectivity index (χ4n) is 2.33. The summed E-state index contributed by atoms with van der Waals surface area (Å²) in [5, 5.41) is 1.98. The first-order valence-electron chi connectivity index (χ1n) is 8.02. The lowest BCUT2D eigenvalue weighted by atomic mass is 10.2. The first-order valence-corrected chi connectivity index (χ1v) is 10.4. The number of hydrogen-bond donors (Lipinski definition) is 1. The number of carbonyl (C=O) groups excluding carboxylic acids is 1. The number of methoxy groups -OCH3 is 1. The Kier molecular flexibility index (Phi) is 6.96. The predicted octanol–water partition coefficient (Wildman–Crippen LogP) is 2.73. The molecule has 0 aliphatic carbocycles. The Balaban J connectivity index is 2.21. The Labute approximate surface area is 158 Å². The van der Waals surface area contributed by atoms with E-state index in [0.29, 0.717) is 18.7 Å². The number of hydrogen-bond acceptors (Lipinski definition) is 5. The Morgan fingerprint density at radius 1 is 1.35 bits per heavy atom. The van der Waals surface area contributed by atoms with Gasteiger partial charge in [0, 0.05) is 17.5 Å². The van der Waals surface area contributed by atoms with Crippen LogP contribution < -0.4 is 9.46 Å². The lowest BCUT2D eigenvalue weighted by Crippen LogP contribution is -2.28. The van der Waals surface area contributed by atoms with Gasteiger partial charge in [-0.25, -0.2) is 13.1 Å². The van der Waals surface area contributed by atoms with Crippen molar-refractivity contribution >= 4 is 33.3 Å². The van der Waals surface area contributed by atoms with Crippen LogP contribution in [0.3, 0.4) is 0 Å². The molecule has 0 spiro atoms. The van der Waals surface area contributed by atoms with Crippen molar-refractivity contribution in [3.05, 3.63) is 52.2 Å². The van der Waals surface area contributed by atoms with E-state index in [4.69, 9.17) is 4.74 Å². The van der Waals surface area contributed by atoms with Gasteiger partial charge in [0.1, 0.15) is 10.6 Å². The van der Waals surface area contributed by atoms with Crippen molar-refractivity contribution in [1.29, 1.82) is 0 Å². The van der Waals surface area contributed by atoms with Gasteiger partial charge in [-0.2, -0.15) is 0 Å². The summed E-state index contributed by atoms with van der Waals surface area (Å²) >= 11 is 1.60. The van der Waals surface area contributed by atoms with Gasteiger partial charge in [-0.1, -0.05) is 12.1 Å². The zero-order valence-electron chi connectivity index (χ0n) is 14.9. The van der Waals surface area contributed by atoms with Crippen LogP contribution in [-0.2, 0) is 21.4 Å². The van der Waals surface area contributed by atoms with Crippen molar-refractivity contribution in [2.24, 2.45) is 0 Å². The van der Waals surface area contributed by atoms with E-state index in [1.807, 2.05) is 24.4 Å². The van der Waals surface area contributed by atoms with Gasteiger partial charge >= 0.3 is 0 Å². The van der Waals surface area contributed by atoms with Crippen molar-refractivity contribution in [3.8, 4) is 5.75 Å². The average Bonchev–Trinajstić information content (AvgIpc) is 3.17. The Bertz CT molecular complexity index is 875. The number of rotatable bonds is 8. The van der Waals surface area contributed by atoms with Gasteiger partial charge in [0.2, 0.25) is 15.9 Å². The summed E-state index contributed by atoms with van der Waals surface area (Å²) in [7, 11) is -0.913. The molecule has 0 radical (unpaired) electrons. The maximum atomic E-state index is 12.4. The molecule has 1 amide bonds. The fraction of sp³-hybridized carbons (Fsp3) is 0.278. The number of benzene rings is 1. The minimum absolute atomic E-state index is 0.0306. The molecule has 26 heavy (non-hydrogen) atoms. The third-order valence-corrected chi connectivity index (χ3v) is 6.08. The molecule has 0 aliphatic rings. The van der Waals surface area contributed by atoms with Gasteiger partial charge in [0.15, 0.2) is 0 Å². The molecule has 0 fully saturated rings. The highest BCUT2D eigenvalue weighted by molar-refractivity contribution is 7.89. The largest absolute Gasteiger partial charge is 0.495 e. The number of thiophene rings is 1. The van der Waals surface area contributed by atoms with Crippen LogP contribution in [0.2, 0.25) is 0 Å². The fourth-order valence-corrected chi connectivity index (χ4v) is 3.97. The summed E-state index contributed by atoms with van der Waals surface area (Å²) in [6.07, 6.45) is 3.06. The maximum Gasteiger partial charge on any atom is 0.246 e. The highest BCUT2D eigenvalue weighted by Gasteiger charge is 2.18. The van der Waals surface area contributed by atoms with E-state index in [-0.39, 0.29) is 16.6 Å². The van der Waals surface area contributed by atoms with E-state index >= 15 is 0 Å². The molecular weight excluding hydrogens is 372 g/mol. The summed E-state index contributed by atoms with van der Waals surface area (Å²) < 4.78 is 31.6. The molecule has 8 heteroatoms. The normalized spacial score (nSPS) is 11.7. The van der Waals surface area contributed by atoms with Gasteiger partial charge in [-0.3, -0.25) is 4.79 Å². The van der Waals surface area contributed by atoms with Crippen molar-refractivity contribution in [1.82, 2.24) is 9.62 Å². The summed E-state index contributed by atoms with van der Waals surface area (Å²) in [4.78, 5) is 15.3. The van der Waals surface area contributed by atoms with Crippen LogP contribution in [0.5, 0.6) is 5.75 Å². The monoisotopic (exact) mass is 394 g/mol. The van der Waals surface area contributed by atoms with E-state index in [1.165, 1.54) is 26.3 Å². The van der Waals surface area contributed by atoms with E-state index in [0.717, 1.165) is 4.88 Å². The molecule has 1 N–H and O–H groups in total. The van der Waals surface area contributed by atoms with Crippen molar-refractivity contribution in [3.63, 3.8) is 0 Å². The molecule has 0 bridgehead atoms. The highest BCUT2D eigenvalue weighted by atomic mass is 32.2. The number of amides is 1. The molecular formula is C18H22N2O4S2. The summed E-state index contributed by atoms with van der Waals surface area (Å²) in [6.45, 7) is 3.06. The van der Waals surface area contributed by atoms with Crippen LogP contribution in [0.25, 0.3) is 6.08 Å². The van der Waals surface area contributed by atoms with Crippen LogP contribution in [0.4, 0.5) is 0 Å². The van der Waals surface area contributed by atoms with Crippen LogP contribution in [0.15, 0.2) is 46.7 Å². The number of nitrogens with one attached hydrogen (secondary N) is 1. The first-order chi connectivity index (χ1) is 12.4. The Morgan fingerprint density at radius 3 is 2.69 bits per heavy atom. The second kappa shape index (κ2) is 8.98. The average molecular weight is 395 g/mol. The van der Waals surface area contributed by atoms with Gasteiger partial charge in [0.25, 0.3) is 0 Å². The molecule has 0 saturated carbocycles. The van der Waals surface area contributed by atoms with Crippen molar-refractivity contribution in [2.75, 3.05) is 20.7 Å². The molecule has 140 valence electrons. The van der Waals surface area contributed by atoms with Gasteiger partial charge in [0.05, 0.1) is 13.7 Å². The molecule has 0 atom stereocenters. The summed E-state index contributed by atoms with van der Waals surface area (Å²) in [6, 6.07) is 8.69. The van der Waals surface area contributed by atoms with Crippen LogP contribution in [0, 0.1) is 0 Å².